The number of rotatable bonds is 2. The third-order valence-electron chi connectivity index (χ3n) is 3.38. The minimum Gasteiger partial charge on any atom is -0.508 e. The van der Waals surface area contributed by atoms with Crippen LogP contribution in [0, 0.1) is 0 Å². The molecule has 0 saturated carbocycles. The molecule has 1 aliphatic heterocycles. The number of fused-ring (bicyclic) bond motifs is 1. The number of thiophene rings is 1. The number of hydrogen-bond acceptors (Lipinski definition) is 4. The summed E-state index contributed by atoms with van der Waals surface area (Å²) < 4.78 is 0. The zero-order valence-corrected chi connectivity index (χ0v) is 12.8. The Morgan fingerprint density at radius 3 is 2.75 bits per heavy atom. The van der Waals surface area contributed by atoms with E-state index in [-0.39, 0.29) is 11.7 Å². The molecule has 20 heavy (non-hydrogen) atoms. The van der Waals surface area contributed by atoms with E-state index < -0.39 is 0 Å². The van der Waals surface area contributed by atoms with E-state index in [1.54, 1.807) is 47.5 Å². The van der Waals surface area contributed by atoms with Crippen molar-refractivity contribution in [1.82, 2.24) is 0 Å². The Morgan fingerprint density at radius 1 is 1.30 bits per heavy atom. The molecule has 3 nitrogen and oxygen atoms in total. The van der Waals surface area contributed by atoms with Gasteiger partial charge in [0.15, 0.2) is 0 Å². The molecule has 1 aliphatic rings. The first kappa shape index (κ1) is 13.5. The van der Waals surface area contributed by atoms with E-state index >= 15 is 0 Å². The molecule has 5 heteroatoms. The molecule has 2 heterocycles. The average Bonchev–Trinajstić information content (AvgIpc) is 2.90. The van der Waals surface area contributed by atoms with Crippen LogP contribution >= 0.6 is 23.1 Å². The predicted octanol–water partition coefficient (Wildman–Crippen LogP) is 3.52. The molecule has 0 aliphatic carbocycles. The van der Waals surface area contributed by atoms with Crippen LogP contribution in [0.15, 0.2) is 30.3 Å². The molecule has 0 fully saturated rings. The number of amides is 1. The zero-order chi connectivity index (χ0) is 14.1. The summed E-state index contributed by atoms with van der Waals surface area (Å²) in [5, 5.41) is 9.30. The Bertz CT molecular complexity index is 610. The fourth-order valence-electron chi connectivity index (χ4n) is 2.21. The highest BCUT2D eigenvalue weighted by Gasteiger charge is 2.20. The van der Waals surface area contributed by atoms with Crippen molar-refractivity contribution in [2.24, 2.45) is 0 Å². The van der Waals surface area contributed by atoms with Crippen LogP contribution in [-0.2, 0) is 12.2 Å². The molecule has 0 spiro atoms. The molecule has 104 valence electrons. The minimum absolute atomic E-state index is 0.0140. The lowest BCUT2D eigenvalue weighted by atomic mass is 10.2. The topological polar surface area (TPSA) is 40.5 Å². The maximum Gasteiger partial charge on any atom is 0.268 e. The summed E-state index contributed by atoms with van der Waals surface area (Å²) in [5.74, 6) is 2.38. The highest BCUT2D eigenvalue weighted by atomic mass is 32.2. The average molecular weight is 305 g/mol. The van der Waals surface area contributed by atoms with Gasteiger partial charge in [-0.05, 0) is 48.1 Å². The van der Waals surface area contributed by atoms with Crippen molar-refractivity contribution in [1.29, 1.82) is 0 Å². The van der Waals surface area contributed by atoms with Crippen molar-refractivity contribution < 1.29 is 9.90 Å². The van der Waals surface area contributed by atoms with Crippen molar-refractivity contribution in [3.05, 3.63) is 45.6 Å². The van der Waals surface area contributed by atoms with Gasteiger partial charge in [-0.3, -0.25) is 4.79 Å². The Hall–Kier alpha value is -1.46. The first-order chi connectivity index (χ1) is 9.65. The lowest BCUT2D eigenvalue weighted by molar-refractivity contribution is 0.0997. The van der Waals surface area contributed by atoms with E-state index in [9.17, 15) is 9.90 Å². The number of hydrogen-bond donors (Lipinski definition) is 1. The van der Waals surface area contributed by atoms with E-state index in [1.165, 1.54) is 10.4 Å². The SMILES string of the molecule is CN(C(=O)c1cc2c(s1)CCSC2)c1ccc(O)cc1. The van der Waals surface area contributed by atoms with Gasteiger partial charge in [0.2, 0.25) is 0 Å². The Kier molecular flexibility index (Phi) is 3.72. The summed E-state index contributed by atoms with van der Waals surface area (Å²) in [6.45, 7) is 0. The van der Waals surface area contributed by atoms with Gasteiger partial charge in [-0.1, -0.05) is 0 Å². The predicted molar refractivity (Wildman–Crippen MR) is 85.0 cm³/mol. The second-order valence-corrected chi connectivity index (χ2v) is 6.98. The molecule has 3 rings (SSSR count). The van der Waals surface area contributed by atoms with Crippen LogP contribution in [-0.4, -0.2) is 23.8 Å². The van der Waals surface area contributed by atoms with Crippen LogP contribution in [0.5, 0.6) is 5.75 Å². The fraction of sp³-hybridized carbons (Fsp3) is 0.267. The van der Waals surface area contributed by atoms with Crippen LogP contribution in [0.2, 0.25) is 0 Å². The molecule has 0 atom stereocenters. The number of aryl methyl sites for hydroxylation is 1. The summed E-state index contributed by atoms with van der Waals surface area (Å²) in [4.78, 5) is 16.3. The van der Waals surface area contributed by atoms with Crippen molar-refractivity contribution in [2.45, 2.75) is 12.2 Å². The number of phenols is 1. The highest BCUT2D eigenvalue weighted by molar-refractivity contribution is 7.98. The van der Waals surface area contributed by atoms with E-state index in [4.69, 9.17) is 0 Å². The normalized spacial score (nSPS) is 13.8. The highest BCUT2D eigenvalue weighted by Crippen LogP contribution is 2.32. The number of carbonyl (C=O) groups excluding carboxylic acids is 1. The van der Waals surface area contributed by atoms with Gasteiger partial charge in [0.05, 0.1) is 4.88 Å². The minimum atomic E-state index is 0.0140. The van der Waals surface area contributed by atoms with Crippen molar-refractivity contribution in [3.63, 3.8) is 0 Å². The number of anilines is 1. The molecule has 0 bridgehead atoms. The quantitative estimate of drug-likeness (QED) is 0.923. The van der Waals surface area contributed by atoms with E-state index in [0.717, 1.165) is 28.5 Å². The molecule has 1 aromatic carbocycles. The number of phenolic OH excluding ortho intramolecular Hbond substituents is 1. The summed E-state index contributed by atoms with van der Waals surface area (Å²) >= 11 is 3.54. The number of benzene rings is 1. The largest absolute Gasteiger partial charge is 0.508 e. The molecule has 0 unspecified atom stereocenters. The van der Waals surface area contributed by atoms with Gasteiger partial charge >= 0.3 is 0 Å². The van der Waals surface area contributed by atoms with E-state index in [2.05, 4.69) is 0 Å². The van der Waals surface area contributed by atoms with Crippen LogP contribution in [0.25, 0.3) is 0 Å². The second-order valence-electron chi connectivity index (χ2n) is 4.74. The molecular weight excluding hydrogens is 290 g/mol. The van der Waals surface area contributed by atoms with Crippen molar-refractivity contribution >= 4 is 34.7 Å². The fourth-order valence-corrected chi connectivity index (χ4v) is 4.56. The van der Waals surface area contributed by atoms with Crippen molar-refractivity contribution in [2.75, 3.05) is 17.7 Å². The first-order valence-electron chi connectivity index (χ1n) is 6.41. The molecule has 2 aromatic rings. The second kappa shape index (κ2) is 5.50. The Balaban J connectivity index is 1.84. The third kappa shape index (κ3) is 2.55. The number of carbonyl (C=O) groups is 1. The van der Waals surface area contributed by atoms with Crippen LogP contribution in [0.1, 0.15) is 20.1 Å². The number of thioether (sulfide) groups is 1. The van der Waals surface area contributed by atoms with Gasteiger partial charge in [-0.25, -0.2) is 0 Å². The maximum atomic E-state index is 12.5. The van der Waals surface area contributed by atoms with Gasteiger partial charge in [-0.15, -0.1) is 11.3 Å². The van der Waals surface area contributed by atoms with Crippen LogP contribution in [0.3, 0.4) is 0 Å². The summed E-state index contributed by atoms with van der Waals surface area (Å²) in [5.41, 5.74) is 2.10. The molecular formula is C15H15NO2S2. The smallest absolute Gasteiger partial charge is 0.268 e. The summed E-state index contributed by atoms with van der Waals surface area (Å²) in [7, 11) is 1.77. The van der Waals surface area contributed by atoms with Crippen molar-refractivity contribution in [3.8, 4) is 5.75 Å². The first-order valence-corrected chi connectivity index (χ1v) is 8.38. The van der Waals surface area contributed by atoms with Gasteiger partial charge < -0.3 is 10.0 Å². The molecule has 0 saturated heterocycles. The maximum absolute atomic E-state index is 12.5. The third-order valence-corrected chi connectivity index (χ3v) is 5.61. The molecule has 0 radical (unpaired) electrons. The molecule has 1 aromatic heterocycles. The number of aromatic hydroxyl groups is 1. The monoisotopic (exact) mass is 305 g/mol. The van der Waals surface area contributed by atoms with Gasteiger partial charge in [0.1, 0.15) is 5.75 Å². The van der Waals surface area contributed by atoms with Gasteiger partial charge in [0, 0.05) is 23.4 Å². The zero-order valence-electron chi connectivity index (χ0n) is 11.1. The lowest BCUT2D eigenvalue weighted by Crippen LogP contribution is -2.25. The van der Waals surface area contributed by atoms with Gasteiger partial charge in [-0.2, -0.15) is 11.8 Å². The molecule has 1 N–H and O–H groups in total. The summed E-state index contributed by atoms with van der Waals surface area (Å²) in [6, 6.07) is 8.71. The van der Waals surface area contributed by atoms with E-state index in [1.807, 2.05) is 17.8 Å². The van der Waals surface area contributed by atoms with Gasteiger partial charge in [0.25, 0.3) is 5.91 Å². The Labute approximate surface area is 126 Å². The molecule has 1 amide bonds. The van der Waals surface area contributed by atoms with Crippen LogP contribution < -0.4 is 4.90 Å². The summed E-state index contributed by atoms with van der Waals surface area (Å²) in [6.07, 6.45) is 1.07. The number of nitrogens with zero attached hydrogens (tertiary/aromatic N) is 1. The lowest BCUT2D eigenvalue weighted by Gasteiger charge is -2.16. The Morgan fingerprint density at radius 2 is 2.05 bits per heavy atom. The van der Waals surface area contributed by atoms with Crippen LogP contribution in [0.4, 0.5) is 5.69 Å². The van der Waals surface area contributed by atoms with E-state index in [0.29, 0.717) is 0 Å². The standard InChI is InChI=1S/C15H15NO2S2/c1-16(11-2-4-12(17)5-3-11)15(18)14-8-10-9-19-7-6-13(10)20-14/h2-5,8,17H,6-7,9H2,1H3.